The van der Waals surface area contributed by atoms with Crippen LogP contribution in [0.1, 0.15) is 13.8 Å². The summed E-state index contributed by atoms with van der Waals surface area (Å²) in [6.07, 6.45) is 0. The van der Waals surface area contributed by atoms with Crippen molar-refractivity contribution in [1.29, 1.82) is 0 Å². The number of hydrogen-bond donors (Lipinski definition) is 3. The summed E-state index contributed by atoms with van der Waals surface area (Å²) in [6, 6.07) is 0. The van der Waals surface area contributed by atoms with E-state index in [1.165, 1.54) is 0 Å². The van der Waals surface area contributed by atoms with Gasteiger partial charge in [-0.15, -0.1) is 0 Å². The lowest BCUT2D eigenvalue weighted by atomic mass is 9.61. The van der Waals surface area contributed by atoms with Crippen LogP contribution in [-0.2, 0) is 0 Å². The average molecular weight is 143 g/mol. The van der Waals surface area contributed by atoms with Crippen molar-refractivity contribution in [2.75, 3.05) is 13.1 Å². The van der Waals surface area contributed by atoms with Crippen LogP contribution in [-0.4, -0.2) is 30.3 Å². The molecule has 0 radical (unpaired) electrons. The van der Waals surface area contributed by atoms with E-state index in [1.807, 2.05) is 13.8 Å². The average Bonchev–Trinajstić information content (AvgIpc) is 2.08. The molecule has 0 saturated carbocycles. The molecular formula is C6H14BNO2. The molecule has 1 aliphatic rings. The zero-order valence-corrected chi connectivity index (χ0v) is 6.46. The maximum absolute atomic E-state index is 8.90. The largest absolute Gasteiger partial charge is 0.456 e. The molecule has 0 spiro atoms. The van der Waals surface area contributed by atoms with Crippen molar-refractivity contribution in [1.82, 2.24) is 5.32 Å². The molecule has 0 aromatic heterocycles. The summed E-state index contributed by atoms with van der Waals surface area (Å²) in [5.41, 5.74) is 0.0220. The summed E-state index contributed by atoms with van der Waals surface area (Å²) in [7, 11) is -1.18. The summed E-state index contributed by atoms with van der Waals surface area (Å²) in [5, 5.41) is 20.9. The van der Waals surface area contributed by atoms with Crippen molar-refractivity contribution in [3.8, 4) is 0 Å². The monoisotopic (exact) mass is 143 g/mol. The molecule has 1 atom stereocenters. The van der Waals surface area contributed by atoms with Crippen molar-refractivity contribution in [2.24, 2.45) is 5.41 Å². The molecule has 58 valence electrons. The fourth-order valence-corrected chi connectivity index (χ4v) is 1.47. The summed E-state index contributed by atoms with van der Waals surface area (Å²) < 4.78 is 0. The van der Waals surface area contributed by atoms with Crippen molar-refractivity contribution in [3.05, 3.63) is 0 Å². The van der Waals surface area contributed by atoms with Crippen molar-refractivity contribution < 1.29 is 10.0 Å². The Kier molecular flexibility index (Phi) is 2.03. The molecule has 1 saturated heterocycles. The molecule has 0 aromatic carbocycles. The van der Waals surface area contributed by atoms with Crippen LogP contribution in [0.4, 0.5) is 0 Å². The summed E-state index contributed by atoms with van der Waals surface area (Å²) in [5.74, 6) is -0.0208. The standard InChI is InChI=1S/C6H14BNO2/c1-6(2)4-8-3-5(6)7(9)10/h5,8-10H,3-4H2,1-2H3. The minimum Gasteiger partial charge on any atom is -0.427 e. The third-order valence-electron chi connectivity index (χ3n) is 2.31. The number of hydrogen-bond acceptors (Lipinski definition) is 3. The van der Waals surface area contributed by atoms with Crippen molar-refractivity contribution in [3.63, 3.8) is 0 Å². The molecule has 1 aliphatic heterocycles. The van der Waals surface area contributed by atoms with E-state index in [0.717, 1.165) is 6.54 Å². The molecule has 0 aliphatic carbocycles. The summed E-state index contributed by atoms with van der Waals surface area (Å²) >= 11 is 0. The first-order valence-corrected chi connectivity index (χ1v) is 3.61. The van der Waals surface area contributed by atoms with Crippen molar-refractivity contribution >= 4 is 7.12 Å². The van der Waals surface area contributed by atoms with Crippen LogP contribution in [0.25, 0.3) is 0 Å². The van der Waals surface area contributed by atoms with Crippen LogP contribution >= 0.6 is 0 Å². The van der Waals surface area contributed by atoms with Gasteiger partial charge in [0.1, 0.15) is 0 Å². The fourth-order valence-electron chi connectivity index (χ4n) is 1.47. The van der Waals surface area contributed by atoms with E-state index in [2.05, 4.69) is 5.32 Å². The highest BCUT2D eigenvalue weighted by atomic mass is 16.4. The Morgan fingerprint density at radius 2 is 2.10 bits per heavy atom. The lowest BCUT2D eigenvalue weighted by molar-refractivity contribution is 0.321. The van der Waals surface area contributed by atoms with Crippen molar-refractivity contribution in [2.45, 2.75) is 19.7 Å². The number of rotatable bonds is 1. The minimum absolute atomic E-state index is 0.0208. The molecule has 10 heavy (non-hydrogen) atoms. The molecule has 3 nitrogen and oxygen atoms in total. The van der Waals surface area contributed by atoms with Crippen LogP contribution in [0.3, 0.4) is 0 Å². The third-order valence-corrected chi connectivity index (χ3v) is 2.31. The number of nitrogens with one attached hydrogen (secondary N) is 1. The van der Waals surface area contributed by atoms with Gasteiger partial charge in [0.15, 0.2) is 0 Å². The maximum Gasteiger partial charge on any atom is 0.456 e. The smallest absolute Gasteiger partial charge is 0.427 e. The Hall–Kier alpha value is -0.0551. The molecule has 3 N–H and O–H groups in total. The van der Waals surface area contributed by atoms with Gasteiger partial charge in [-0.1, -0.05) is 13.8 Å². The fraction of sp³-hybridized carbons (Fsp3) is 1.00. The molecule has 1 unspecified atom stereocenters. The Balaban J connectivity index is 2.59. The highest BCUT2D eigenvalue weighted by molar-refractivity contribution is 6.43. The quantitative estimate of drug-likeness (QED) is 0.432. The SMILES string of the molecule is CC1(C)CNCC1B(O)O. The molecule has 0 amide bonds. The predicted molar refractivity (Wildman–Crippen MR) is 40.6 cm³/mol. The second-order valence-electron chi connectivity index (χ2n) is 3.64. The maximum atomic E-state index is 8.90. The van der Waals surface area contributed by atoms with Crippen LogP contribution in [0.5, 0.6) is 0 Å². The van der Waals surface area contributed by atoms with E-state index in [0.29, 0.717) is 6.54 Å². The third kappa shape index (κ3) is 1.33. The van der Waals surface area contributed by atoms with Gasteiger partial charge in [0.05, 0.1) is 0 Å². The summed E-state index contributed by atoms with van der Waals surface area (Å²) in [6.45, 7) is 5.66. The van der Waals surface area contributed by atoms with Gasteiger partial charge in [-0.05, 0) is 12.0 Å². The topological polar surface area (TPSA) is 52.5 Å². The first-order valence-electron chi connectivity index (χ1n) is 3.61. The van der Waals surface area contributed by atoms with Gasteiger partial charge in [0, 0.05) is 12.4 Å². The summed E-state index contributed by atoms with van der Waals surface area (Å²) in [4.78, 5) is 0. The van der Waals surface area contributed by atoms with Crippen LogP contribution < -0.4 is 5.32 Å². The Bertz CT molecular complexity index is 127. The molecule has 0 aromatic rings. The van der Waals surface area contributed by atoms with Gasteiger partial charge in [-0.2, -0.15) is 0 Å². The molecule has 1 fully saturated rings. The Morgan fingerprint density at radius 1 is 1.50 bits per heavy atom. The normalized spacial score (nSPS) is 30.6. The van der Waals surface area contributed by atoms with E-state index in [9.17, 15) is 0 Å². The van der Waals surface area contributed by atoms with Gasteiger partial charge in [0.25, 0.3) is 0 Å². The van der Waals surface area contributed by atoms with E-state index in [1.54, 1.807) is 0 Å². The zero-order chi connectivity index (χ0) is 7.78. The first kappa shape index (κ1) is 8.05. The van der Waals surface area contributed by atoms with E-state index in [-0.39, 0.29) is 11.2 Å². The van der Waals surface area contributed by atoms with Crippen LogP contribution in [0, 0.1) is 5.41 Å². The lowest BCUT2D eigenvalue weighted by Gasteiger charge is -2.24. The van der Waals surface area contributed by atoms with E-state index in [4.69, 9.17) is 10.0 Å². The van der Waals surface area contributed by atoms with Gasteiger partial charge >= 0.3 is 7.12 Å². The first-order chi connectivity index (χ1) is 4.54. The highest BCUT2D eigenvalue weighted by Gasteiger charge is 2.41. The zero-order valence-electron chi connectivity index (χ0n) is 6.46. The molecule has 0 bridgehead atoms. The van der Waals surface area contributed by atoms with Crippen LogP contribution in [0.2, 0.25) is 5.82 Å². The molecule has 1 heterocycles. The van der Waals surface area contributed by atoms with E-state index >= 15 is 0 Å². The lowest BCUT2D eigenvalue weighted by Crippen LogP contribution is -2.31. The Morgan fingerprint density at radius 3 is 2.30 bits per heavy atom. The van der Waals surface area contributed by atoms with Crippen LogP contribution in [0.15, 0.2) is 0 Å². The molecule has 1 rings (SSSR count). The van der Waals surface area contributed by atoms with Gasteiger partial charge in [0.2, 0.25) is 0 Å². The van der Waals surface area contributed by atoms with Gasteiger partial charge < -0.3 is 15.4 Å². The molecular weight excluding hydrogens is 129 g/mol. The molecule has 4 heteroatoms. The minimum atomic E-state index is -1.18. The Labute approximate surface area is 61.6 Å². The second kappa shape index (κ2) is 2.53. The van der Waals surface area contributed by atoms with Gasteiger partial charge in [-0.25, -0.2) is 0 Å². The van der Waals surface area contributed by atoms with E-state index < -0.39 is 7.12 Å². The predicted octanol–water partition coefficient (Wildman–Crippen LogP) is -0.541. The van der Waals surface area contributed by atoms with Gasteiger partial charge in [-0.3, -0.25) is 0 Å². The highest BCUT2D eigenvalue weighted by Crippen LogP contribution is 2.35. The second-order valence-corrected chi connectivity index (χ2v) is 3.64.